The van der Waals surface area contributed by atoms with E-state index in [1.807, 2.05) is 0 Å². The first-order valence-electron chi connectivity index (χ1n) is 3.41. The van der Waals surface area contributed by atoms with E-state index in [0.717, 1.165) is 18.4 Å². The third-order valence-corrected chi connectivity index (χ3v) is 1.72. The second-order valence-electron chi connectivity index (χ2n) is 2.45. The van der Waals surface area contributed by atoms with Crippen molar-refractivity contribution in [2.75, 3.05) is 0 Å². The molecule has 0 amide bonds. The summed E-state index contributed by atoms with van der Waals surface area (Å²) in [4.78, 5) is 0. The third kappa shape index (κ3) is 1.39. The van der Waals surface area contributed by atoms with Gasteiger partial charge in [-0.3, -0.25) is 0 Å². The van der Waals surface area contributed by atoms with E-state index in [0.29, 0.717) is 17.8 Å². The summed E-state index contributed by atoms with van der Waals surface area (Å²) < 4.78 is 0. The summed E-state index contributed by atoms with van der Waals surface area (Å²) >= 11 is 0. The Labute approximate surface area is 64.5 Å². The maximum atomic E-state index is 8.50. The summed E-state index contributed by atoms with van der Waals surface area (Å²) in [6.45, 7) is 3.68. The normalized spacial score (nSPS) is 26.4. The summed E-state index contributed by atoms with van der Waals surface area (Å²) in [6.07, 6.45) is 2.35. The Bertz CT molecular complexity index is 231. The van der Waals surface area contributed by atoms with Gasteiger partial charge >= 0.3 is 0 Å². The van der Waals surface area contributed by atoms with Crippen LogP contribution in [-0.2, 0) is 0 Å². The number of hydrogen-bond acceptors (Lipinski definition) is 4. The van der Waals surface area contributed by atoms with Crippen LogP contribution in [0, 0.1) is 0 Å². The summed E-state index contributed by atoms with van der Waals surface area (Å²) in [7, 11) is 0. The van der Waals surface area contributed by atoms with E-state index in [9.17, 15) is 0 Å². The van der Waals surface area contributed by atoms with Crippen molar-refractivity contribution in [1.29, 1.82) is 0 Å². The molecule has 0 aromatic carbocycles. The molecule has 0 aromatic heterocycles. The maximum Gasteiger partial charge on any atom is 0.130 e. The molecule has 1 rings (SSSR count). The molecule has 1 aliphatic carbocycles. The first-order chi connectivity index (χ1) is 5.29. The summed E-state index contributed by atoms with van der Waals surface area (Å²) in [5.41, 5.74) is 1.48. The predicted octanol–water partition coefficient (Wildman–Crippen LogP) is 1.39. The average molecular weight is 154 g/mol. The molecule has 1 fully saturated rings. The lowest BCUT2D eigenvalue weighted by Gasteiger charge is -2.14. The molecule has 0 atom stereocenters. The molecule has 4 heteroatoms. The second-order valence-corrected chi connectivity index (χ2v) is 2.45. The topological polar surface area (TPSA) is 65.2 Å². The fraction of sp³-hybridized carbons (Fsp3) is 0.429. The van der Waals surface area contributed by atoms with Crippen molar-refractivity contribution < 1.29 is 10.4 Å². The fourth-order valence-electron chi connectivity index (χ4n) is 1.14. The molecule has 0 unspecified atom stereocenters. The van der Waals surface area contributed by atoms with Crippen LogP contribution in [0.5, 0.6) is 0 Å². The van der Waals surface area contributed by atoms with Crippen molar-refractivity contribution in [2.24, 2.45) is 10.3 Å². The van der Waals surface area contributed by atoms with Gasteiger partial charge in [0.05, 0.1) is 0 Å². The van der Waals surface area contributed by atoms with Crippen LogP contribution in [-0.4, -0.2) is 21.8 Å². The molecule has 0 saturated heterocycles. The van der Waals surface area contributed by atoms with E-state index in [4.69, 9.17) is 10.4 Å². The smallest absolute Gasteiger partial charge is 0.130 e. The zero-order chi connectivity index (χ0) is 8.27. The van der Waals surface area contributed by atoms with Gasteiger partial charge in [0.1, 0.15) is 11.4 Å². The van der Waals surface area contributed by atoms with Crippen molar-refractivity contribution in [3.8, 4) is 0 Å². The van der Waals surface area contributed by atoms with Crippen molar-refractivity contribution in [3.05, 3.63) is 12.2 Å². The molecule has 1 saturated carbocycles. The Hall–Kier alpha value is -1.32. The van der Waals surface area contributed by atoms with Crippen molar-refractivity contribution in [1.82, 2.24) is 0 Å². The Morgan fingerprint density at radius 1 is 1.18 bits per heavy atom. The molecule has 2 N–H and O–H groups in total. The number of hydrogen-bond donors (Lipinski definition) is 2. The number of allylic oxidation sites excluding steroid dienone is 1. The molecule has 0 radical (unpaired) electrons. The zero-order valence-corrected chi connectivity index (χ0v) is 6.12. The van der Waals surface area contributed by atoms with Gasteiger partial charge in [0.25, 0.3) is 0 Å². The number of oxime groups is 2. The predicted molar refractivity (Wildman–Crippen MR) is 41.4 cm³/mol. The van der Waals surface area contributed by atoms with Crippen LogP contribution in [0.4, 0.5) is 0 Å². The van der Waals surface area contributed by atoms with Gasteiger partial charge in [-0.2, -0.15) is 0 Å². The van der Waals surface area contributed by atoms with E-state index in [1.165, 1.54) is 0 Å². The Balaban J connectivity index is 2.90. The van der Waals surface area contributed by atoms with Gasteiger partial charge in [0.2, 0.25) is 0 Å². The molecule has 0 bridgehead atoms. The van der Waals surface area contributed by atoms with Gasteiger partial charge in [-0.25, -0.2) is 0 Å². The molecule has 0 aliphatic heterocycles. The van der Waals surface area contributed by atoms with E-state index in [-0.39, 0.29) is 0 Å². The Morgan fingerprint density at radius 3 is 2.36 bits per heavy atom. The highest BCUT2D eigenvalue weighted by Gasteiger charge is 2.19. The van der Waals surface area contributed by atoms with Gasteiger partial charge in [0, 0.05) is 0 Å². The second kappa shape index (κ2) is 3.18. The molecule has 4 nitrogen and oxygen atoms in total. The van der Waals surface area contributed by atoms with Crippen molar-refractivity contribution >= 4 is 11.4 Å². The zero-order valence-electron chi connectivity index (χ0n) is 6.12. The first kappa shape index (κ1) is 7.78. The van der Waals surface area contributed by atoms with Crippen LogP contribution in [0.25, 0.3) is 0 Å². The Kier molecular flexibility index (Phi) is 2.25. The molecule has 0 aromatic rings. The summed E-state index contributed by atoms with van der Waals surface area (Å²) in [5, 5.41) is 23.0. The highest BCUT2D eigenvalue weighted by atomic mass is 16.4. The largest absolute Gasteiger partial charge is 0.411 e. The van der Waals surface area contributed by atoms with Gasteiger partial charge in [-0.05, 0) is 24.8 Å². The maximum absolute atomic E-state index is 8.50. The number of rotatable bonds is 0. The van der Waals surface area contributed by atoms with Crippen LogP contribution in [0.1, 0.15) is 19.3 Å². The molecule has 0 heterocycles. The molecule has 1 aliphatic rings. The molecule has 11 heavy (non-hydrogen) atoms. The standard InChI is InChI=1S/C7H10N2O2/c1-5-3-2-4-6(8-10)7(5)9-11/h10-11H,1-4H2/b8-6-,9-7+. The van der Waals surface area contributed by atoms with Gasteiger partial charge in [-0.15, -0.1) is 0 Å². The van der Waals surface area contributed by atoms with Crippen LogP contribution < -0.4 is 0 Å². The highest BCUT2D eigenvalue weighted by molar-refractivity contribution is 6.48. The lowest BCUT2D eigenvalue weighted by molar-refractivity contribution is 0.312. The van der Waals surface area contributed by atoms with Crippen LogP contribution in [0.15, 0.2) is 22.5 Å². The van der Waals surface area contributed by atoms with Crippen molar-refractivity contribution in [2.45, 2.75) is 19.3 Å². The van der Waals surface area contributed by atoms with Crippen LogP contribution in [0.2, 0.25) is 0 Å². The van der Waals surface area contributed by atoms with Crippen LogP contribution in [0.3, 0.4) is 0 Å². The van der Waals surface area contributed by atoms with E-state index in [1.54, 1.807) is 0 Å². The first-order valence-corrected chi connectivity index (χ1v) is 3.41. The van der Waals surface area contributed by atoms with Crippen LogP contribution >= 0.6 is 0 Å². The molecular formula is C7H10N2O2. The van der Waals surface area contributed by atoms with Gasteiger partial charge in [0.15, 0.2) is 0 Å². The minimum atomic E-state index is 0.332. The highest BCUT2D eigenvalue weighted by Crippen LogP contribution is 2.17. The van der Waals surface area contributed by atoms with E-state index < -0.39 is 0 Å². The van der Waals surface area contributed by atoms with Gasteiger partial charge in [-0.1, -0.05) is 16.9 Å². The van der Waals surface area contributed by atoms with E-state index >= 15 is 0 Å². The van der Waals surface area contributed by atoms with Crippen molar-refractivity contribution in [3.63, 3.8) is 0 Å². The quantitative estimate of drug-likeness (QED) is 0.409. The molecule has 0 spiro atoms. The lowest BCUT2D eigenvalue weighted by atomic mass is 9.92. The number of nitrogens with zero attached hydrogens (tertiary/aromatic N) is 2. The minimum absolute atomic E-state index is 0.332. The minimum Gasteiger partial charge on any atom is -0.411 e. The molecular weight excluding hydrogens is 144 g/mol. The SMILES string of the molecule is C=C1CCCC(=N/O)/C1=N/O. The summed E-state index contributed by atoms with van der Waals surface area (Å²) in [6, 6.07) is 0. The Morgan fingerprint density at radius 2 is 1.91 bits per heavy atom. The average Bonchev–Trinajstić information content (AvgIpc) is 2.04. The molecule has 60 valence electrons. The lowest BCUT2D eigenvalue weighted by Crippen LogP contribution is -2.21. The van der Waals surface area contributed by atoms with E-state index in [2.05, 4.69) is 16.9 Å². The monoisotopic (exact) mass is 154 g/mol. The third-order valence-electron chi connectivity index (χ3n) is 1.72. The van der Waals surface area contributed by atoms with Gasteiger partial charge < -0.3 is 10.4 Å². The fourth-order valence-corrected chi connectivity index (χ4v) is 1.14. The summed E-state index contributed by atoms with van der Waals surface area (Å²) in [5.74, 6) is 0.